The SMILES string of the molecule is CC(C)(C)NS(=O)(=O)c1ccc(C(=O)NCC(O)COc2cccc3ccccc23)cc1. The van der Waals surface area contributed by atoms with Crippen molar-refractivity contribution < 1.29 is 23.1 Å². The van der Waals surface area contributed by atoms with Crippen LogP contribution in [0, 0.1) is 0 Å². The van der Waals surface area contributed by atoms with Gasteiger partial charge in [-0.1, -0.05) is 36.4 Å². The fourth-order valence-electron chi connectivity index (χ4n) is 3.13. The van der Waals surface area contributed by atoms with Crippen LogP contribution < -0.4 is 14.8 Å². The van der Waals surface area contributed by atoms with Crippen LogP contribution in [0.3, 0.4) is 0 Å². The first kappa shape index (κ1) is 23.7. The van der Waals surface area contributed by atoms with Crippen LogP contribution in [0.5, 0.6) is 5.75 Å². The van der Waals surface area contributed by atoms with E-state index in [4.69, 9.17) is 4.74 Å². The second-order valence-corrected chi connectivity index (χ2v) is 10.2. The number of sulfonamides is 1. The number of benzene rings is 3. The third-order valence-electron chi connectivity index (χ3n) is 4.55. The average Bonchev–Trinajstić information content (AvgIpc) is 2.74. The molecule has 0 radical (unpaired) electrons. The molecule has 0 bridgehead atoms. The summed E-state index contributed by atoms with van der Waals surface area (Å²) in [5.74, 6) is 0.246. The van der Waals surface area contributed by atoms with E-state index in [1.807, 2.05) is 42.5 Å². The molecule has 3 rings (SSSR count). The van der Waals surface area contributed by atoms with E-state index in [1.54, 1.807) is 20.8 Å². The van der Waals surface area contributed by atoms with Crippen molar-refractivity contribution in [3.05, 3.63) is 72.3 Å². The largest absolute Gasteiger partial charge is 0.490 e. The molecule has 1 unspecified atom stereocenters. The van der Waals surface area contributed by atoms with Crippen molar-refractivity contribution in [2.75, 3.05) is 13.2 Å². The first-order valence-electron chi connectivity index (χ1n) is 10.3. The Hall–Kier alpha value is -2.94. The Kier molecular flexibility index (Phi) is 7.18. The monoisotopic (exact) mass is 456 g/mol. The quantitative estimate of drug-likeness (QED) is 0.483. The number of fused-ring (bicyclic) bond motifs is 1. The maximum Gasteiger partial charge on any atom is 0.251 e. The molecule has 0 heterocycles. The molecule has 3 N–H and O–H groups in total. The molecule has 0 aliphatic heterocycles. The van der Waals surface area contributed by atoms with Crippen molar-refractivity contribution >= 4 is 26.7 Å². The second-order valence-electron chi connectivity index (χ2n) is 8.53. The number of ether oxygens (including phenoxy) is 1. The minimum atomic E-state index is -3.67. The van der Waals surface area contributed by atoms with Gasteiger partial charge in [0, 0.05) is 23.0 Å². The van der Waals surface area contributed by atoms with Crippen molar-refractivity contribution in [1.29, 1.82) is 0 Å². The lowest BCUT2D eigenvalue weighted by atomic mass is 10.1. The van der Waals surface area contributed by atoms with E-state index in [-0.39, 0.29) is 18.0 Å². The Morgan fingerprint density at radius 3 is 2.34 bits per heavy atom. The molecular formula is C24H28N2O5S. The van der Waals surface area contributed by atoms with Crippen molar-refractivity contribution in [2.45, 2.75) is 37.3 Å². The molecule has 170 valence electrons. The van der Waals surface area contributed by atoms with Crippen LogP contribution in [-0.2, 0) is 10.0 Å². The summed E-state index contributed by atoms with van der Waals surface area (Å²) in [6.07, 6.45) is -0.909. The average molecular weight is 457 g/mol. The van der Waals surface area contributed by atoms with Crippen molar-refractivity contribution in [3.8, 4) is 5.75 Å². The third-order valence-corrected chi connectivity index (χ3v) is 6.32. The van der Waals surface area contributed by atoms with Crippen LogP contribution in [0.4, 0.5) is 0 Å². The van der Waals surface area contributed by atoms with E-state index in [0.717, 1.165) is 10.8 Å². The number of amides is 1. The van der Waals surface area contributed by atoms with Gasteiger partial charge in [-0.05, 0) is 56.5 Å². The van der Waals surface area contributed by atoms with Crippen molar-refractivity contribution in [3.63, 3.8) is 0 Å². The van der Waals surface area contributed by atoms with E-state index in [9.17, 15) is 18.3 Å². The highest BCUT2D eigenvalue weighted by molar-refractivity contribution is 7.89. The number of nitrogens with one attached hydrogen (secondary N) is 2. The molecule has 0 aromatic heterocycles. The molecule has 0 aliphatic rings. The molecule has 3 aromatic rings. The molecule has 0 saturated heterocycles. The summed E-state index contributed by atoms with van der Waals surface area (Å²) in [5.41, 5.74) is -0.319. The normalized spacial score (nSPS) is 13.0. The fraction of sp³-hybridized carbons (Fsp3) is 0.292. The van der Waals surface area contributed by atoms with E-state index >= 15 is 0 Å². The van der Waals surface area contributed by atoms with Crippen LogP contribution in [0.25, 0.3) is 10.8 Å². The standard InChI is InChI=1S/C24H28N2O5S/c1-24(2,3)26-32(29,30)20-13-11-18(12-14-20)23(28)25-15-19(27)16-31-22-10-6-8-17-7-4-5-9-21(17)22/h4-14,19,26-27H,15-16H2,1-3H3,(H,25,28). The topological polar surface area (TPSA) is 105 Å². The molecule has 7 nitrogen and oxygen atoms in total. The minimum Gasteiger partial charge on any atom is -0.490 e. The van der Waals surface area contributed by atoms with Crippen LogP contribution in [0.2, 0.25) is 0 Å². The van der Waals surface area contributed by atoms with Gasteiger partial charge in [0.15, 0.2) is 0 Å². The van der Waals surface area contributed by atoms with E-state index in [0.29, 0.717) is 11.3 Å². The maximum atomic E-state index is 12.4. The van der Waals surface area contributed by atoms with Gasteiger partial charge >= 0.3 is 0 Å². The summed E-state index contributed by atoms with van der Waals surface area (Å²) in [6, 6.07) is 19.1. The molecule has 0 aliphatic carbocycles. The molecule has 8 heteroatoms. The van der Waals surface area contributed by atoms with Crippen LogP contribution in [-0.4, -0.2) is 44.2 Å². The number of hydrogen-bond donors (Lipinski definition) is 3. The Morgan fingerprint density at radius 1 is 1.00 bits per heavy atom. The number of aliphatic hydroxyl groups excluding tert-OH is 1. The van der Waals surface area contributed by atoms with Gasteiger partial charge in [-0.2, -0.15) is 0 Å². The number of carbonyl (C=O) groups excluding carboxylic acids is 1. The second kappa shape index (κ2) is 9.68. The molecule has 0 saturated carbocycles. The molecule has 32 heavy (non-hydrogen) atoms. The van der Waals surface area contributed by atoms with Gasteiger partial charge < -0.3 is 15.2 Å². The Bertz CT molecular complexity index is 1180. The molecule has 1 amide bonds. The van der Waals surface area contributed by atoms with Gasteiger partial charge in [0.2, 0.25) is 10.0 Å². The highest BCUT2D eigenvalue weighted by Gasteiger charge is 2.22. The Balaban J connectivity index is 1.54. The molecule has 3 aromatic carbocycles. The first-order chi connectivity index (χ1) is 15.0. The van der Waals surface area contributed by atoms with Gasteiger partial charge in [0.05, 0.1) is 4.90 Å². The van der Waals surface area contributed by atoms with Gasteiger partial charge in [0.25, 0.3) is 5.91 Å². The molecular weight excluding hydrogens is 428 g/mol. The Morgan fingerprint density at radius 2 is 1.66 bits per heavy atom. The zero-order valence-electron chi connectivity index (χ0n) is 18.3. The van der Waals surface area contributed by atoms with Crippen LogP contribution in [0.15, 0.2) is 71.6 Å². The zero-order valence-corrected chi connectivity index (χ0v) is 19.1. The lowest BCUT2D eigenvalue weighted by Gasteiger charge is -2.20. The number of carbonyl (C=O) groups is 1. The summed E-state index contributed by atoms with van der Waals surface area (Å²) in [5, 5.41) is 14.8. The van der Waals surface area contributed by atoms with Crippen LogP contribution in [0.1, 0.15) is 31.1 Å². The zero-order chi connectivity index (χ0) is 23.4. The molecule has 1 atom stereocenters. The van der Waals surface area contributed by atoms with Crippen molar-refractivity contribution in [1.82, 2.24) is 10.0 Å². The lowest BCUT2D eigenvalue weighted by Crippen LogP contribution is -2.40. The summed E-state index contributed by atoms with van der Waals surface area (Å²) in [4.78, 5) is 12.4. The van der Waals surface area contributed by atoms with Gasteiger partial charge in [-0.15, -0.1) is 0 Å². The Labute approximate surface area is 188 Å². The molecule has 0 spiro atoms. The third kappa shape index (κ3) is 6.29. The van der Waals surface area contributed by atoms with E-state index < -0.39 is 27.6 Å². The predicted octanol–water partition coefficient (Wildman–Crippen LogP) is 3.09. The minimum absolute atomic E-state index is 0.00473. The number of rotatable bonds is 8. The molecule has 0 fully saturated rings. The summed E-state index contributed by atoms with van der Waals surface area (Å²) >= 11 is 0. The summed E-state index contributed by atoms with van der Waals surface area (Å²) < 4.78 is 33.0. The lowest BCUT2D eigenvalue weighted by molar-refractivity contribution is 0.0845. The van der Waals surface area contributed by atoms with Crippen LogP contribution >= 0.6 is 0 Å². The summed E-state index contributed by atoms with van der Waals surface area (Å²) in [6.45, 7) is 5.27. The van der Waals surface area contributed by atoms with Gasteiger partial charge in [-0.25, -0.2) is 13.1 Å². The van der Waals surface area contributed by atoms with Crippen molar-refractivity contribution in [2.24, 2.45) is 0 Å². The van der Waals surface area contributed by atoms with E-state index in [1.165, 1.54) is 24.3 Å². The van der Waals surface area contributed by atoms with Gasteiger partial charge in [-0.3, -0.25) is 4.79 Å². The number of hydrogen-bond acceptors (Lipinski definition) is 5. The fourth-order valence-corrected chi connectivity index (χ4v) is 4.54. The smallest absolute Gasteiger partial charge is 0.251 e. The van der Waals surface area contributed by atoms with E-state index in [2.05, 4.69) is 10.0 Å². The predicted molar refractivity (Wildman–Crippen MR) is 124 cm³/mol. The number of aliphatic hydroxyl groups is 1. The highest BCUT2D eigenvalue weighted by Crippen LogP contribution is 2.25. The van der Waals surface area contributed by atoms with Gasteiger partial charge in [0.1, 0.15) is 18.5 Å². The highest BCUT2D eigenvalue weighted by atomic mass is 32.2. The summed E-state index contributed by atoms with van der Waals surface area (Å²) in [7, 11) is -3.67. The maximum absolute atomic E-state index is 12.4. The first-order valence-corrected chi connectivity index (χ1v) is 11.7.